The summed E-state index contributed by atoms with van der Waals surface area (Å²) in [6.45, 7) is 9.03. The van der Waals surface area contributed by atoms with E-state index < -0.39 is 0 Å². The van der Waals surface area contributed by atoms with E-state index in [1.54, 1.807) is 0 Å². The van der Waals surface area contributed by atoms with Crippen LogP contribution in [0.5, 0.6) is 0 Å². The Morgan fingerprint density at radius 1 is 0.708 bits per heavy atom. The Morgan fingerprint density at radius 2 is 1.33 bits per heavy atom. The third-order valence-electron chi connectivity index (χ3n) is 5.09. The van der Waals surface area contributed by atoms with Gasteiger partial charge in [-0.25, -0.2) is 0 Å². The van der Waals surface area contributed by atoms with Gasteiger partial charge in [-0.1, -0.05) is 80.6 Å². The van der Waals surface area contributed by atoms with E-state index in [0.29, 0.717) is 5.92 Å². The van der Waals surface area contributed by atoms with Crippen LogP contribution in [-0.2, 0) is 6.42 Å². The van der Waals surface area contributed by atoms with Crippen LogP contribution in [0.4, 0.5) is 0 Å². The molecule has 0 saturated carbocycles. The molecule has 3 aromatic rings. The first-order valence-corrected chi connectivity index (χ1v) is 8.86. The number of hydrogen-bond acceptors (Lipinski definition) is 0. The predicted octanol–water partition coefficient (Wildman–Crippen LogP) is 6.68. The largest absolute Gasteiger partial charge is 0.0620 e. The second-order valence-electron chi connectivity index (χ2n) is 6.63. The Bertz CT molecular complexity index is 842. The third-order valence-corrected chi connectivity index (χ3v) is 5.09. The van der Waals surface area contributed by atoms with Crippen LogP contribution >= 0.6 is 0 Å². The Balaban J connectivity index is 2.20. The van der Waals surface area contributed by atoms with Crippen LogP contribution in [0.25, 0.3) is 11.1 Å². The Hall–Kier alpha value is -2.34. The summed E-state index contributed by atoms with van der Waals surface area (Å²) in [5.74, 6) is 0.386. The highest BCUT2D eigenvalue weighted by Crippen LogP contribution is 2.37. The van der Waals surface area contributed by atoms with Gasteiger partial charge in [0.05, 0.1) is 0 Å². The van der Waals surface area contributed by atoms with E-state index in [1.165, 1.54) is 38.9 Å². The lowest BCUT2D eigenvalue weighted by molar-refractivity contribution is 0.885. The van der Waals surface area contributed by atoms with Crippen LogP contribution in [0.2, 0.25) is 0 Å². The summed E-state index contributed by atoms with van der Waals surface area (Å²) >= 11 is 0. The molecule has 0 nitrogen and oxygen atoms in total. The van der Waals surface area contributed by atoms with Gasteiger partial charge in [-0.2, -0.15) is 0 Å². The fraction of sp³-hybridized carbons (Fsp3) is 0.250. The Kier molecular flexibility index (Phi) is 4.85. The van der Waals surface area contributed by atoms with Crippen LogP contribution in [0.15, 0.2) is 66.7 Å². The normalized spacial score (nSPS) is 12.2. The number of rotatable bonds is 4. The average molecular weight is 314 g/mol. The van der Waals surface area contributed by atoms with Gasteiger partial charge in [0, 0.05) is 5.92 Å². The molecule has 122 valence electrons. The minimum absolute atomic E-state index is 0.386. The first-order chi connectivity index (χ1) is 11.6. The molecule has 1 unspecified atom stereocenters. The summed E-state index contributed by atoms with van der Waals surface area (Å²) in [6.07, 6.45) is 1.08. The molecular weight excluding hydrogens is 288 g/mol. The molecule has 0 amide bonds. The monoisotopic (exact) mass is 314 g/mol. The molecule has 1 atom stereocenters. The minimum Gasteiger partial charge on any atom is -0.0620 e. The van der Waals surface area contributed by atoms with E-state index >= 15 is 0 Å². The molecule has 3 rings (SSSR count). The van der Waals surface area contributed by atoms with Crippen molar-refractivity contribution < 1.29 is 0 Å². The Labute approximate surface area is 146 Å². The standard InChI is InChI=1S/C24H26/c1-5-20-13-7-9-15-22(20)19(4)24-18(3)12-10-16-23(24)21-14-8-6-11-17(21)2/h6-16,19H,5H2,1-4H3. The molecule has 0 heteroatoms. The summed E-state index contributed by atoms with van der Waals surface area (Å²) < 4.78 is 0. The smallest absolute Gasteiger partial charge is 0.00725 e. The maximum absolute atomic E-state index is 2.35. The average Bonchev–Trinajstić information content (AvgIpc) is 2.61. The van der Waals surface area contributed by atoms with E-state index in [-0.39, 0.29) is 0 Å². The molecule has 0 aliphatic heterocycles. The molecule has 0 bridgehead atoms. The van der Waals surface area contributed by atoms with Gasteiger partial charge in [0.2, 0.25) is 0 Å². The first-order valence-electron chi connectivity index (χ1n) is 8.86. The number of benzene rings is 3. The molecule has 0 aliphatic rings. The van der Waals surface area contributed by atoms with Crippen molar-refractivity contribution >= 4 is 0 Å². The van der Waals surface area contributed by atoms with Crippen molar-refractivity contribution in [2.45, 2.75) is 40.0 Å². The fourth-order valence-corrected chi connectivity index (χ4v) is 3.80. The zero-order valence-electron chi connectivity index (χ0n) is 15.1. The lowest BCUT2D eigenvalue weighted by Crippen LogP contribution is -2.05. The zero-order chi connectivity index (χ0) is 17.1. The summed E-state index contributed by atoms with van der Waals surface area (Å²) in [5, 5.41) is 0. The van der Waals surface area contributed by atoms with Gasteiger partial charge in [-0.05, 0) is 59.2 Å². The van der Waals surface area contributed by atoms with Crippen molar-refractivity contribution in [3.63, 3.8) is 0 Å². The van der Waals surface area contributed by atoms with Crippen LogP contribution in [0.3, 0.4) is 0 Å². The summed E-state index contributed by atoms with van der Waals surface area (Å²) in [5.41, 5.74) is 9.76. The summed E-state index contributed by atoms with van der Waals surface area (Å²) in [7, 11) is 0. The second kappa shape index (κ2) is 7.05. The van der Waals surface area contributed by atoms with Crippen LogP contribution in [-0.4, -0.2) is 0 Å². The van der Waals surface area contributed by atoms with Gasteiger partial charge in [0.15, 0.2) is 0 Å². The van der Waals surface area contributed by atoms with Gasteiger partial charge >= 0.3 is 0 Å². The quantitative estimate of drug-likeness (QED) is 0.503. The van der Waals surface area contributed by atoms with E-state index in [1.807, 2.05) is 0 Å². The second-order valence-corrected chi connectivity index (χ2v) is 6.63. The molecule has 0 radical (unpaired) electrons. The van der Waals surface area contributed by atoms with Gasteiger partial charge in [0.25, 0.3) is 0 Å². The molecule has 0 heterocycles. The summed E-state index contributed by atoms with van der Waals surface area (Å²) in [6, 6.07) is 24.2. The number of hydrogen-bond donors (Lipinski definition) is 0. The van der Waals surface area contributed by atoms with Crippen molar-refractivity contribution in [1.82, 2.24) is 0 Å². The first kappa shape index (κ1) is 16.5. The van der Waals surface area contributed by atoms with Crippen LogP contribution in [0.1, 0.15) is 47.6 Å². The van der Waals surface area contributed by atoms with Crippen molar-refractivity contribution in [3.8, 4) is 11.1 Å². The van der Waals surface area contributed by atoms with Crippen molar-refractivity contribution in [2.24, 2.45) is 0 Å². The van der Waals surface area contributed by atoms with Crippen molar-refractivity contribution in [2.75, 3.05) is 0 Å². The van der Waals surface area contributed by atoms with Gasteiger partial charge in [-0.3, -0.25) is 0 Å². The SMILES string of the molecule is CCc1ccccc1C(C)c1c(C)cccc1-c1ccccc1C. The highest BCUT2D eigenvalue weighted by molar-refractivity contribution is 5.73. The molecular formula is C24H26. The van der Waals surface area contributed by atoms with Crippen LogP contribution < -0.4 is 0 Å². The van der Waals surface area contributed by atoms with Gasteiger partial charge < -0.3 is 0 Å². The van der Waals surface area contributed by atoms with E-state index in [0.717, 1.165) is 6.42 Å². The molecule has 0 aromatic heterocycles. The molecule has 24 heavy (non-hydrogen) atoms. The Morgan fingerprint density at radius 3 is 2.08 bits per heavy atom. The topological polar surface area (TPSA) is 0 Å². The van der Waals surface area contributed by atoms with E-state index in [9.17, 15) is 0 Å². The lowest BCUT2D eigenvalue weighted by atomic mass is 9.81. The van der Waals surface area contributed by atoms with E-state index in [4.69, 9.17) is 0 Å². The van der Waals surface area contributed by atoms with Crippen LogP contribution in [0, 0.1) is 13.8 Å². The van der Waals surface area contributed by atoms with E-state index in [2.05, 4.69) is 94.4 Å². The molecule has 0 spiro atoms. The van der Waals surface area contributed by atoms with Gasteiger partial charge in [-0.15, -0.1) is 0 Å². The maximum atomic E-state index is 2.35. The molecule has 0 saturated heterocycles. The van der Waals surface area contributed by atoms with Crippen molar-refractivity contribution in [3.05, 3.63) is 94.5 Å². The summed E-state index contributed by atoms with van der Waals surface area (Å²) in [4.78, 5) is 0. The maximum Gasteiger partial charge on any atom is 0.00725 e. The molecule has 0 N–H and O–H groups in total. The zero-order valence-corrected chi connectivity index (χ0v) is 15.1. The predicted molar refractivity (Wildman–Crippen MR) is 105 cm³/mol. The third kappa shape index (κ3) is 3.01. The molecule has 0 aliphatic carbocycles. The minimum atomic E-state index is 0.386. The number of aryl methyl sites for hydroxylation is 3. The lowest BCUT2D eigenvalue weighted by Gasteiger charge is -2.23. The van der Waals surface area contributed by atoms with Gasteiger partial charge in [0.1, 0.15) is 0 Å². The fourth-order valence-electron chi connectivity index (χ4n) is 3.80. The van der Waals surface area contributed by atoms with Crippen molar-refractivity contribution in [1.29, 1.82) is 0 Å². The molecule has 0 fully saturated rings. The highest BCUT2D eigenvalue weighted by atomic mass is 14.2. The molecule has 3 aromatic carbocycles. The highest BCUT2D eigenvalue weighted by Gasteiger charge is 2.18.